The Morgan fingerprint density at radius 3 is 2.87 bits per heavy atom. The number of aryl methyl sites for hydroxylation is 1. The van der Waals surface area contributed by atoms with Crippen LogP contribution in [-0.4, -0.2) is 34.2 Å². The molecule has 3 aromatic rings. The summed E-state index contributed by atoms with van der Waals surface area (Å²) in [5.41, 5.74) is 3.39. The highest BCUT2D eigenvalue weighted by Crippen LogP contribution is 2.27. The predicted molar refractivity (Wildman–Crippen MR) is 118 cm³/mol. The maximum absolute atomic E-state index is 11.2. The number of rotatable bonds is 9. The first kappa shape index (κ1) is 20.3. The maximum Gasteiger partial charge on any atom is 0.304 e. The van der Waals surface area contributed by atoms with Crippen molar-refractivity contribution >= 4 is 23.1 Å². The first-order valence-corrected chi connectivity index (χ1v) is 11.1. The van der Waals surface area contributed by atoms with Crippen molar-refractivity contribution in [2.45, 2.75) is 38.0 Å². The van der Waals surface area contributed by atoms with E-state index < -0.39 is 5.97 Å². The van der Waals surface area contributed by atoms with Gasteiger partial charge >= 0.3 is 5.97 Å². The van der Waals surface area contributed by atoms with Crippen molar-refractivity contribution in [1.82, 2.24) is 9.97 Å². The lowest BCUT2D eigenvalue weighted by atomic mass is 9.97. The average molecular weight is 424 g/mol. The van der Waals surface area contributed by atoms with Gasteiger partial charge in [0, 0.05) is 36.2 Å². The number of hydrogen-bond donors (Lipinski definition) is 2. The molecule has 1 aliphatic rings. The van der Waals surface area contributed by atoms with E-state index in [-0.39, 0.29) is 12.3 Å². The lowest BCUT2D eigenvalue weighted by Crippen LogP contribution is -2.14. The van der Waals surface area contributed by atoms with E-state index in [1.807, 2.05) is 29.6 Å². The smallest absolute Gasteiger partial charge is 0.304 e. The molecule has 0 unspecified atom stereocenters. The fourth-order valence-corrected chi connectivity index (χ4v) is 4.42. The van der Waals surface area contributed by atoms with Crippen molar-refractivity contribution in [3.63, 3.8) is 0 Å². The second-order valence-corrected chi connectivity index (χ2v) is 8.38. The fraction of sp³-hybridized carbons (Fsp3) is 0.348. The van der Waals surface area contributed by atoms with E-state index in [4.69, 9.17) is 9.72 Å². The summed E-state index contributed by atoms with van der Waals surface area (Å²) >= 11 is 1.50. The summed E-state index contributed by atoms with van der Waals surface area (Å²) in [4.78, 5) is 20.2. The third-order valence-electron chi connectivity index (χ3n) is 5.21. The second kappa shape index (κ2) is 9.71. The molecule has 0 spiro atoms. The number of nitrogens with one attached hydrogen (secondary N) is 1. The van der Waals surface area contributed by atoms with Crippen molar-refractivity contribution in [1.29, 1.82) is 0 Å². The van der Waals surface area contributed by atoms with Crippen LogP contribution >= 0.6 is 11.3 Å². The van der Waals surface area contributed by atoms with E-state index in [0.717, 1.165) is 53.6 Å². The molecular formula is C23H25N3O3S. The van der Waals surface area contributed by atoms with Crippen molar-refractivity contribution in [2.24, 2.45) is 0 Å². The Hall–Kier alpha value is -2.93. The summed E-state index contributed by atoms with van der Waals surface area (Å²) in [6.45, 7) is 1.55. The number of anilines is 1. The van der Waals surface area contributed by atoms with Crippen molar-refractivity contribution < 1.29 is 14.6 Å². The number of carboxylic acids is 1. The standard InChI is InChI=1S/C23H25N3O3S/c27-21(28)15-18(23-25-11-13-30-23)14-16-3-7-20(8-4-16)29-12-9-19-6-5-17-2-1-10-24-22(17)26-19/h3-8,11,13,18H,1-2,9-10,12,14-15H2,(H,24,26)(H,27,28)/t18-/m0/s1. The molecule has 1 aliphatic heterocycles. The minimum Gasteiger partial charge on any atom is -0.493 e. The zero-order valence-electron chi connectivity index (χ0n) is 16.7. The van der Waals surface area contributed by atoms with Crippen LogP contribution in [0.2, 0.25) is 0 Å². The summed E-state index contributed by atoms with van der Waals surface area (Å²) in [5, 5.41) is 15.3. The number of ether oxygens (including phenoxy) is 1. The van der Waals surface area contributed by atoms with Crippen LogP contribution in [0, 0.1) is 0 Å². The highest BCUT2D eigenvalue weighted by atomic mass is 32.1. The van der Waals surface area contributed by atoms with E-state index >= 15 is 0 Å². The molecule has 156 valence electrons. The van der Waals surface area contributed by atoms with Crippen molar-refractivity contribution in [3.05, 3.63) is 69.8 Å². The van der Waals surface area contributed by atoms with Gasteiger partial charge in [-0.15, -0.1) is 11.3 Å². The van der Waals surface area contributed by atoms with Gasteiger partial charge in [-0.2, -0.15) is 0 Å². The Morgan fingerprint density at radius 2 is 2.10 bits per heavy atom. The van der Waals surface area contributed by atoms with Crippen LogP contribution in [0.5, 0.6) is 5.75 Å². The number of aliphatic carboxylic acids is 1. The molecule has 6 nitrogen and oxygen atoms in total. The van der Waals surface area contributed by atoms with Gasteiger partial charge in [0.1, 0.15) is 11.6 Å². The molecule has 3 heterocycles. The SMILES string of the molecule is O=C(O)C[C@H](Cc1ccc(OCCc2ccc3c(n2)NCCC3)cc1)c1nccs1. The number of fused-ring (bicyclic) bond motifs is 1. The number of hydrogen-bond acceptors (Lipinski definition) is 6. The number of carboxylic acid groups (broad SMARTS) is 1. The number of benzene rings is 1. The Bertz CT molecular complexity index is 974. The first-order valence-electron chi connectivity index (χ1n) is 10.2. The van der Waals surface area contributed by atoms with Crippen molar-refractivity contribution in [3.8, 4) is 5.75 Å². The molecule has 0 aliphatic carbocycles. The summed E-state index contributed by atoms with van der Waals surface area (Å²) in [5.74, 6) is 0.900. The summed E-state index contributed by atoms with van der Waals surface area (Å²) in [7, 11) is 0. The van der Waals surface area contributed by atoms with E-state index in [1.165, 1.54) is 16.9 Å². The van der Waals surface area contributed by atoms with Crippen LogP contribution in [0.1, 0.15) is 40.6 Å². The minimum atomic E-state index is -0.804. The molecule has 0 saturated carbocycles. The van der Waals surface area contributed by atoms with Crippen LogP contribution in [0.4, 0.5) is 5.82 Å². The maximum atomic E-state index is 11.2. The molecule has 2 aromatic heterocycles. The largest absolute Gasteiger partial charge is 0.493 e. The number of carbonyl (C=O) groups is 1. The van der Waals surface area contributed by atoms with E-state index in [0.29, 0.717) is 13.0 Å². The van der Waals surface area contributed by atoms with Gasteiger partial charge in [-0.25, -0.2) is 9.97 Å². The lowest BCUT2D eigenvalue weighted by Gasteiger charge is -2.17. The first-order chi connectivity index (χ1) is 14.7. The van der Waals surface area contributed by atoms with Gasteiger partial charge < -0.3 is 15.2 Å². The zero-order valence-corrected chi connectivity index (χ0v) is 17.5. The Balaban J connectivity index is 1.30. The monoisotopic (exact) mass is 423 g/mol. The highest BCUT2D eigenvalue weighted by molar-refractivity contribution is 7.09. The van der Waals surface area contributed by atoms with E-state index in [1.54, 1.807) is 6.20 Å². The Kier molecular flexibility index (Phi) is 6.59. The van der Waals surface area contributed by atoms with Crippen LogP contribution < -0.4 is 10.1 Å². The molecule has 30 heavy (non-hydrogen) atoms. The third-order valence-corrected chi connectivity index (χ3v) is 6.14. The topological polar surface area (TPSA) is 84.3 Å². The molecule has 0 amide bonds. The van der Waals surface area contributed by atoms with Gasteiger partial charge in [0.05, 0.1) is 18.0 Å². The van der Waals surface area contributed by atoms with Gasteiger partial charge in [-0.05, 0) is 48.6 Å². The molecule has 0 fully saturated rings. The third kappa shape index (κ3) is 5.36. The zero-order chi connectivity index (χ0) is 20.8. The number of thiazole rings is 1. The van der Waals surface area contributed by atoms with Crippen LogP contribution in [0.3, 0.4) is 0 Å². The van der Waals surface area contributed by atoms with E-state index in [2.05, 4.69) is 22.4 Å². The second-order valence-electron chi connectivity index (χ2n) is 7.45. The normalized spacial score (nSPS) is 13.9. The van der Waals surface area contributed by atoms with Gasteiger partial charge in [0.25, 0.3) is 0 Å². The molecule has 7 heteroatoms. The molecule has 2 N–H and O–H groups in total. The summed E-state index contributed by atoms with van der Waals surface area (Å²) in [6.07, 6.45) is 5.45. The van der Waals surface area contributed by atoms with Crippen molar-refractivity contribution in [2.75, 3.05) is 18.5 Å². The molecule has 0 bridgehead atoms. The molecule has 1 aromatic carbocycles. The quantitative estimate of drug-likeness (QED) is 0.533. The number of aromatic nitrogens is 2. The number of pyridine rings is 1. The van der Waals surface area contributed by atoms with Crippen LogP contribution in [-0.2, 0) is 24.1 Å². The molecule has 1 atom stereocenters. The Labute approximate surface area is 180 Å². The van der Waals surface area contributed by atoms with Gasteiger partial charge in [-0.3, -0.25) is 4.79 Å². The van der Waals surface area contributed by atoms with Crippen LogP contribution in [0.15, 0.2) is 48.0 Å². The molecule has 0 radical (unpaired) electrons. The van der Waals surface area contributed by atoms with Gasteiger partial charge in [0.15, 0.2) is 0 Å². The highest BCUT2D eigenvalue weighted by Gasteiger charge is 2.18. The lowest BCUT2D eigenvalue weighted by molar-refractivity contribution is -0.137. The molecule has 4 rings (SSSR count). The number of nitrogens with zero attached hydrogens (tertiary/aromatic N) is 2. The average Bonchev–Trinajstić information content (AvgIpc) is 3.29. The van der Waals surface area contributed by atoms with Crippen LogP contribution in [0.25, 0.3) is 0 Å². The summed E-state index contributed by atoms with van der Waals surface area (Å²) in [6, 6.07) is 12.1. The molecule has 0 saturated heterocycles. The molecular weight excluding hydrogens is 398 g/mol. The minimum absolute atomic E-state index is 0.0778. The van der Waals surface area contributed by atoms with E-state index in [9.17, 15) is 9.90 Å². The summed E-state index contributed by atoms with van der Waals surface area (Å²) < 4.78 is 5.89. The van der Waals surface area contributed by atoms with Gasteiger partial charge in [0.2, 0.25) is 0 Å². The Morgan fingerprint density at radius 1 is 1.23 bits per heavy atom. The van der Waals surface area contributed by atoms with Gasteiger partial charge in [-0.1, -0.05) is 18.2 Å². The predicted octanol–water partition coefficient (Wildman–Crippen LogP) is 4.32. The fourth-order valence-electron chi connectivity index (χ4n) is 3.68.